The van der Waals surface area contributed by atoms with Crippen LogP contribution in [0, 0.1) is 0 Å². The SMILES string of the molecule is COc1ccnc(C(=O)CC(=O)N(Cc2ccc(Cl)c(Cl)c2)c2ccc(C(=O)N3CCOCC3)c(Cl)c2)n1. The smallest absolute Gasteiger partial charge is 0.255 e. The molecule has 9 nitrogen and oxygen atoms in total. The number of amides is 2. The average Bonchev–Trinajstić information content (AvgIpc) is 2.93. The van der Waals surface area contributed by atoms with Crippen molar-refractivity contribution in [3.8, 4) is 5.88 Å². The van der Waals surface area contributed by atoms with E-state index in [1.165, 1.54) is 30.3 Å². The topological polar surface area (TPSA) is 102 Å². The molecule has 1 fully saturated rings. The van der Waals surface area contributed by atoms with Gasteiger partial charge in [-0.3, -0.25) is 14.4 Å². The number of carbonyl (C=O) groups excluding carboxylic acids is 3. The van der Waals surface area contributed by atoms with E-state index in [0.29, 0.717) is 53.2 Å². The summed E-state index contributed by atoms with van der Waals surface area (Å²) in [6.45, 7) is 1.91. The molecule has 1 aliphatic heterocycles. The molecule has 38 heavy (non-hydrogen) atoms. The van der Waals surface area contributed by atoms with Gasteiger partial charge in [0.2, 0.25) is 17.6 Å². The van der Waals surface area contributed by atoms with Crippen LogP contribution in [0.3, 0.4) is 0 Å². The number of aromatic nitrogens is 2. The maximum Gasteiger partial charge on any atom is 0.255 e. The second kappa shape index (κ2) is 12.5. The number of halogens is 3. The Morgan fingerprint density at radius 2 is 1.76 bits per heavy atom. The van der Waals surface area contributed by atoms with E-state index >= 15 is 0 Å². The van der Waals surface area contributed by atoms with Crippen LogP contribution >= 0.6 is 34.8 Å². The lowest BCUT2D eigenvalue weighted by molar-refractivity contribution is -0.117. The van der Waals surface area contributed by atoms with Crippen LogP contribution < -0.4 is 9.64 Å². The van der Waals surface area contributed by atoms with Gasteiger partial charge < -0.3 is 19.3 Å². The van der Waals surface area contributed by atoms with Gasteiger partial charge in [-0.1, -0.05) is 40.9 Å². The summed E-state index contributed by atoms with van der Waals surface area (Å²) >= 11 is 18.7. The molecule has 0 atom stereocenters. The van der Waals surface area contributed by atoms with E-state index in [1.807, 2.05) is 0 Å². The number of ether oxygens (including phenoxy) is 2. The second-order valence-electron chi connectivity index (χ2n) is 8.32. The average molecular weight is 578 g/mol. The van der Waals surface area contributed by atoms with Crippen molar-refractivity contribution in [2.24, 2.45) is 0 Å². The Labute approximate surface area is 234 Å². The number of hydrogen-bond donors (Lipinski definition) is 0. The van der Waals surface area contributed by atoms with E-state index in [1.54, 1.807) is 35.2 Å². The lowest BCUT2D eigenvalue weighted by Gasteiger charge is -2.28. The first kappa shape index (κ1) is 27.8. The van der Waals surface area contributed by atoms with Gasteiger partial charge in [-0.2, -0.15) is 4.98 Å². The number of Topliss-reactive ketones (excluding diaryl/α,β-unsaturated/α-hetero) is 1. The second-order valence-corrected chi connectivity index (χ2v) is 9.54. The minimum Gasteiger partial charge on any atom is -0.481 e. The summed E-state index contributed by atoms with van der Waals surface area (Å²) in [6, 6.07) is 11.2. The van der Waals surface area contributed by atoms with Gasteiger partial charge in [-0.15, -0.1) is 0 Å². The van der Waals surface area contributed by atoms with Crippen molar-refractivity contribution in [1.29, 1.82) is 0 Å². The molecule has 2 amide bonds. The predicted molar refractivity (Wildman–Crippen MR) is 143 cm³/mol. The van der Waals surface area contributed by atoms with Gasteiger partial charge in [0.25, 0.3) is 5.91 Å². The first-order valence-corrected chi connectivity index (χ1v) is 12.7. The Hall–Kier alpha value is -3.24. The van der Waals surface area contributed by atoms with Crippen molar-refractivity contribution in [3.05, 3.63) is 80.7 Å². The maximum atomic E-state index is 13.4. The fraction of sp³-hybridized carbons (Fsp3) is 0.269. The minimum absolute atomic E-state index is 0.0645. The zero-order chi connectivity index (χ0) is 27.2. The molecule has 0 bridgehead atoms. The molecule has 1 aromatic heterocycles. The van der Waals surface area contributed by atoms with Gasteiger partial charge >= 0.3 is 0 Å². The van der Waals surface area contributed by atoms with E-state index < -0.39 is 18.1 Å². The molecule has 0 radical (unpaired) electrons. The van der Waals surface area contributed by atoms with Crippen molar-refractivity contribution in [2.45, 2.75) is 13.0 Å². The van der Waals surface area contributed by atoms with Crippen molar-refractivity contribution in [3.63, 3.8) is 0 Å². The first-order chi connectivity index (χ1) is 18.3. The van der Waals surface area contributed by atoms with E-state index in [-0.39, 0.29) is 29.2 Å². The highest BCUT2D eigenvalue weighted by Gasteiger charge is 2.25. The highest BCUT2D eigenvalue weighted by molar-refractivity contribution is 6.42. The maximum absolute atomic E-state index is 13.4. The summed E-state index contributed by atoms with van der Waals surface area (Å²) in [6.07, 6.45) is 0.863. The van der Waals surface area contributed by atoms with Crippen molar-refractivity contribution in [2.75, 3.05) is 38.3 Å². The standard InChI is InChI=1S/C26H23Cl3N4O5/c1-37-23-6-7-30-25(31-23)22(34)14-24(35)33(15-16-2-5-19(27)21(29)12-16)17-3-4-18(20(28)13-17)26(36)32-8-10-38-11-9-32/h2-7,12-13H,8-11,14-15H2,1H3. The molecular formula is C26H23Cl3N4O5. The van der Waals surface area contributed by atoms with Gasteiger partial charge in [-0.25, -0.2) is 4.98 Å². The number of nitrogens with zero attached hydrogens (tertiary/aromatic N) is 4. The van der Waals surface area contributed by atoms with Gasteiger partial charge in [0.15, 0.2) is 5.82 Å². The van der Waals surface area contributed by atoms with Gasteiger partial charge in [0, 0.05) is 31.0 Å². The number of anilines is 1. The Bertz CT molecular complexity index is 1360. The predicted octanol–water partition coefficient (Wildman–Crippen LogP) is 4.72. The van der Waals surface area contributed by atoms with Gasteiger partial charge in [0.1, 0.15) is 0 Å². The van der Waals surface area contributed by atoms with Crippen LogP contribution in [0.25, 0.3) is 0 Å². The molecule has 0 N–H and O–H groups in total. The van der Waals surface area contributed by atoms with Gasteiger partial charge in [0.05, 0.1) is 53.9 Å². The molecule has 12 heteroatoms. The van der Waals surface area contributed by atoms with Gasteiger partial charge in [-0.05, 0) is 35.9 Å². The number of hydrogen-bond acceptors (Lipinski definition) is 7. The normalized spacial score (nSPS) is 13.2. The molecule has 0 aliphatic carbocycles. The van der Waals surface area contributed by atoms with Crippen LogP contribution in [0.4, 0.5) is 5.69 Å². The van der Waals surface area contributed by atoms with Crippen molar-refractivity contribution in [1.82, 2.24) is 14.9 Å². The van der Waals surface area contributed by atoms with E-state index in [9.17, 15) is 14.4 Å². The van der Waals surface area contributed by atoms with Crippen LogP contribution in [0.1, 0.15) is 33.0 Å². The number of ketones is 1. The third kappa shape index (κ3) is 6.60. The summed E-state index contributed by atoms with van der Waals surface area (Å²) in [5, 5.41) is 0.864. The molecule has 2 aromatic carbocycles. The fourth-order valence-corrected chi connectivity index (χ4v) is 4.40. The van der Waals surface area contributed by atoms with Crippen LogP contribution in [-0.2, 0) is 16.1 Å². The van der Waals surface area contributed by atoms with Crippen LogP contribution in [0.15, 0.2) is 48.7 Å². The summed E-state index contributed by atoms with van der Waals surface area (Å²) in [7, 11) is 1.41. The zero-order valence-electron chi connectivity index (χ0n) is 20.3. The highest BCUT2D eigenvalue weighted by Crippen LogP contribution is 2.29. The number of benzene rings is 2. The van der Waals surface area contributed by atoms with Crippen molar-refractivity contribution >= 4 is 58.1 Å². The Morgan fingerprint density at radius 1 is 1.00 bits per heavy atom. The number of carbonyl (C=O) groups is 3. The van der Waals surface area contributed by atoms with E-state index in [0.717, 1.165) is 0 Å². The summed E-state index contributed by atoms with van der Waals surface area (Å²) in [5.74, 6) is -1.28. The molecule has 2 heterocycles. The Morgan fingerprint density at radius 3 is 2.45 bits per heavy atom. The molecule has 0 saturated carbocycles. The van der Waals surface area contributed by atoms with E-state index in [4.69, 9.17) is 44.3 Å². The zero-order valence-corrected chi connectivity index (χ0v) is 22.6. The molecule has 198 valence electrons. The van der Waals surface area contributed by atoms with Crippen LogP contribution in [-0.4, -0.2) is 65.9 Å². The molecule has 1 aliphatic rings. The first-order valence-electron chi connectivity index (χ1n) is 11.6. The Balaban J connectivity index is 1.62. The third-order valence-electron chi connectivity index (χ3n) is 5.82. The molecule has 0 spiro atoms. The third-order valence-corrected chi connectivity index (χ3v) is 6.87. The largest absolute Gasteiger partial charge is 0.481 e. The fourth-order valence-electron chi connectivity index (χ4n) is 3.83. The van der Waals surface area contributed by atoms with Crippen LogP contribution in [0.5, 0.6) is 5.88 Å². The monoisotopic (exact) mass is 576 g/mol. The highest BCUT2D eigenvalue weighted by atomic mass is 35.5. The summed E-state index contributed by atoms with van der Waals surface area (Å²) < 4.78 is 10.3. The quantitative estimate of drug-likeness (QED) is 0.282. The lowest BCUT2D eigenvalue weighted by atomic mass is 10.1. The summed E-state index contributed by atoms with van der Waals surface area (Å²) in [4.78, 5) is 50.3. The van der Waals surface area contributed by atoms with Crippen molar-refractivity contribution < 1.29 is 23.9 Å². The molecular weight excluding hydrogens is 555 g/mol. The molecule has 0 unspecified atom stereocenters. The lowest BCUT2D eigenvalue weighted by Crippen LogP contribution is -2.40. The van der Waals surface area contributed by atoms with E-state index in [2.05, 4.69) is 9.97 Å². The molecule has 4 rings (SSSR count). The number of morpholine rings is 1. The Kier molecular flexibility index (Phi) is 9.17. The minimum atomic E-state index is -0.585. The number of rotatable bonds is 8. The molecule has 3 aromatic rings. The summed E-state index contributed by atoms with van der Waals surface area (Å²) in [5.41, 5.74) is 1.37. The van der Waals surface area contributed by atoms with Crippen LogP contribution in [0.2, 0.25) is 15.1 Å². The number of methoxy groups -OCH3 is 1. The molecule has 1 saturated heterocycles.